The molecule has 11 heteroatoms. The fourth-order valence-corrected chi connectivity index (χ4v) is 4.07. The maximum Gasteiger partial charge on any atom is 0.320 e. The smallest absolute Gasteiger partial charge is 0.320 e. The Kier molecular flexibility index (Phi) is 6.83. The molecule has 168 valence electrons. The lowest BCUT2D eigenvalue weighted by Gasteiger charge is -2.15. The predicted octanol–water partition coefficient (Wildman–Crippen LogP) is 3.73. The number of ether oxygens (including phenoxy) is 2. The second-order valence-corrected chi connectivity index (χ2v) is 7.40. The molecule has 0 saturated heterocycles. The molecule has 0 fully saturated rings. The van der Waals surface area contributed by atoms with Crippen LogP contribution in [-0.2, 0) is 38.4 Å². The molecule has 0 unspecified atom stereocenters. The van der Waals surface area contributed by atoms with Crippen molar-refractivity contribution in [3.8, 4) is 0 Å². The van der Waals surface area contributed by atoms with Gasteiger partial charge in [-0.05, 0) is 32.5 Å². The van der Waals surface area contributed by atoms with Gasteiger partial charge in [-0.25, -0.2) is 17.6 Å². The van der Waals surface area contributed by atoms with Gasteiger partial charge in [0.25, 0.3) is 0 Å². The van der Waals surface area contributed by atoms with Gasteiger partial charge in [-0.15, -0.1) is 0 Å². The second kappa shape index (κ2) is 9.21. The number of imidazole rings is 1. The monoisotopic (exact) mass is 460 g/mol. The normalized spacial score (nSPS) is 15.3. The number of nitrogens with zero attached hydrogens (tertiary/aromatic N) is 1. The average Bonchev–Trinajstić information content (AvgIpc) is 3.26. The summed E-state index contributed by atoms with van der Waals surface area (Å²) >= 11 is 5.25. The van der Waals surface area contributed by atoms with Crippen molar-refractivity contribution in [2.24, 2.45) is 5.92 Å². The molecule has 0 spiro atoms. The van der Waals surface area contributed by atoms with Crippen LogP contribution in [-0.4, -0.2) is 34.7 Å². The van der Waals surface area contributed by atoms with Gasteiger partial charge in [0.15, 0.2) is 34.0 Å². The van der Waals surface area contributed by atoms with Gasteiger partial charge in [-0.3, -0.25) is 9.59 Å². The molecule has 0 bridgehead atoms. The van der Waals surface area contributed by atoms with E-state index in [4.69, 9.17) is 21.7 Å². The first-order valence-electron chi connectivity index (χ1n) is 9.66. The number of nitrogens with one attached hydrogen (secondary N) is 1. The zero-order chi connectivity index (χ0) is 22.9. The van der Waals surface area contributed by atoms with E-state index in [-0.39, 0.29) is 43.4 Å². The third-order valence-electron chi connectivity index (χ3n) is 5.12. The summed E-state index contributed by atoms with van der Waals surface area (Å²) < 4.78 is 67.5. The Morgan fingerprint density at radius 3 is 2.19 bits per heavy atom. The quantitative estimate of drug-likeness (QED) is 0.224. The second-order valence-electron chi connectivity index (χ2n) is 7.01. The standard InChI is InChI=1S/C20H20F4N2O4S/c1-3-29-18(27)10(19(28)30-4-2)6-13-14-5-9(8-26(14)20(31)25-13)15-16(23)11(21)7-12(22)17(15)24/h7,9-10H,3-6,8H2,1-2H3,(H,25,31)/t9-/m0/s1. The molecule has 1 N–H and O–H groups in total. The lowest BCUT2D eigenvalue weighted by atomic mass is 9.93. The van der Waals surface area contributed by atoms with Crippen LogP contribution in [0.1, 0.15) is 36.7 Å². The minimum Gasteiger partial charge on any atom is -0.465 e. The van der Waals surface area contributed by atoms with Crippen molar-refractivity contribution in [2.75, 3.05) is 13.2 Å². The van der Waals surface area contributed by atoms with Crippen LogP contribution in [0, 0.1) is 34.0 Å². The molecule has 0 radical (unpaired) electrons. The summed E-state index contributed by atoms with van der Waals surface area (Å²) in [6.45, 7) is 3.28. The zero-order valence-electron chi connectivity index (χ0n) is 16.8. The molecule has 1 aromatic heterocycles. The molecule has 1 atom stereocenters. The number of aromatic nitrogens is 2. The maximum absolute atomic E-state index is 14.3. The molecule has 3 rings (SSSR count). The van der Waals surface area contributed by atoms with Crippen molar-refractivity contribution in [2.45, 2.75) is 39.2 Å². The average molecular weight is 460 g/mol. The first kappa shape index (κ1) is 23.0. The fraction of sp³-hybridized carbons (Fsp3) is 0.450. The summed E-state index contributed by atoms with van der Waals surface area (Å²) in [4.78, 5) is 27.4. The number of carbonyl (C=O) groups is 2. The van der Waals surface area contributed by atoms with Gasteiger partial charge in [0.2, 0.25) is 0 Å². The van der Waals surface area contributed by atoms with E-state index in [2.05, 4.69) is 4.98 Å². The molecule has 2 heterocycles. The highest BCUT2D eigenvalue weighted by molar-refractivity contribution is 7.71. The summed E-state index contributed by atoms with van der Waals surface area (Å²) in [7, 11) is 0. The molecule has 0 aliphatic carbocycles. The van der Waals surface area contributed by atoms with Crippen LogP contribution in [0.25, 0.3) is 0 Å². The van der Waals surface area contributed by atoms with Gasteiger partial charge in [-0.2, -0.15) is 0 Å². The fourth-order valence-electron chi connectivity index (χ4n) is 3.76. The number of fused-ring (bicyclic) bond motifs is 1. The summed E-state index contributed by atoms with van der Waals surface area (Å²) in [5.41, 5.74) is 0.169. The van der Waals surface area contributed by atoms with Crippen LogP contribution in [0.3, 0.4) is 0 Å². The Balaban J connectivity index is 1.94. The predicted molar refractivity (Wildman–Crippen MR) is 103 cm³/mol. The minimum absolute atomic E-state index is 0.00240. The Morgan fingerprint density at radius 1 is 1.13 bits per heavy atom. The number of carbonyl (C=O) groups excluding carboxylic acids is 2. The summed E-state index contributed by atoms with van der Waals surface area (Å²) in [5, 5.41) is 0. The largest absolute Gasteiger partial charge is 0.465 e. The lowest BCUT2D eigenvalue weighted by molar-refractivity contribution is -0.161. The number of benzene rings is 1. The maximum atomic E-state index is 14.3. The number of hydrogen-bond acceptors (Lipinski definition) is 5. The molecular formula is C20H20F4N2O4S. The highest BCUT2D eigenvalue weighted by Gasteiger charge is 2.36. The Hall–Kier alpha value is -2.69. The lowest BCUT2D eigenvalue weighted by Crippen LogP contribution is -2.30. The van der Waals surface area contributed by atoms with Gasteiger partial charge in [-0.1, -0.05) is 0 Å². The van der Waals surface area contributed by atoms with Gasteiger partial charge >= 0.3 is 11.9 Å². The molecular weight excluding hydrogens is 440 g/mol. The van der Waals surface area contributed by atoms with E-state index in [1.165, 1.54) is 4.57 Å². The van der Waals surface area contributed by atoms with Crippen molar-refractivity contribution in [1.82, 2.24) is 9.55 Å². The highest BCUT2D eigenvalue weighted by Crippen LogP contribution is 2.36. The van der Waals surface area contributed by atoms with Gasteiger partial charge in [0.05, 0.1) is 13.2 Å². The highest BCUT2D eigenvalue weighted by atomic mass is 32.1. The first-order chi connectivity index (χ1) is 14.7. The van der Waals surface area contributed by atoms with Crippen LogP contribution in [0.2, 0.25) is 0 Å². The van der Waals surface area contributed by atoms with Crippen molar-refractivity contribution < 1.29 is 36.6 Å². The summed E-state index contributed by atoms with van der Waals surface area (Å²) in [6, 6.07) is 0.157. The van der Waals surface area contributed by atoms with E-state index < -0.39 is 52.6 Å². The first-order valence-corrected chi connectivity index (χ1v) is 10.1. The molecule has 1 aliphatic rings. The number of hydrogen-bond donors (Lipinski definition) is 1. The third kappa shape index (κ3) is 4.36. The van der Waals surface area contributed by atoms with Crippen LogP contribution in [0.4, 0.5) is 17.6 Å². The number of halogens is 4. The Labute approximate surface area is 180 Å². The summed E-state index contributed by atoms with van der Waals surface area (Å²) in [6.07, 6.45) is -0.142. The topological polar surface area (TPSA) is 73.3 Å². The van der Waals surface area contributed by atoms with Gasteiger partial charge in [0, 0.05) is 41.9 Å². The minimum atomic E-state index is -1.49. The van der Waals surface area contributed by atoms with E-state index in [1.807, 2.05) is 0 Å². The van der Waals surface area contributed by atoms with Crippen LogP contribution < -0.4 is 0 Å². The number of H-pyrrole nitrogens is 1. The number of rotatable bonds is 7. The number of aromatic amines is 1. The molecule has 0 amide bonds. The van der Waals surface area contributed by atoms with E-state index in [0.29, 0.717) is 11.4 Å². The van der Waals surface area contributed by atoms with Crippen molar-refractivity contribution >= 4 is 24.2 Å². The van der Waals surface area contributed by atoms with Gasteiger partial charge in [0.1, 0.15) is 0 Å². The van der Waals surface area contributed by atoms with E-state index in [9.17, 15) is 27.2 Å². The molecule has 0 saturated carbocycles. The third-order valence-corrected chi connectivity index (χ3v) is 5.45. The zero-order valence-corrected chi connectivity index (χ0v) is 17.6. The van der Waals surface area contributed by atoms with Crippen molar-refractivity contribution in [3.05, 3.63) is 51.1 Å². The van der Waals surface area contributed by atoms with Crippen LogP contribution in [0.5, 0.6) is 0 Å². The Bertz CT molecular complexity index is 1040. The molecule has 1 aliphatic heterocycles. The molecule has 31 heavy (non-hydrogen) atoms. The molecule has 1 aromatic carbocycles. The van der Waals surface area contributed by atoms with E-state index in [0.717, 1.165) is 0 Å². The van der Waals surface area contributed by atoms with Crippen molar-refractivity contribution in [3.63, 3.8) is 0 Å². The molecule has 2 aromatic rings. The van der Waals surface area contributed by atoms with E-state index in [1.54, 1.807) is 13.8 Å². The summed E-state index contributed by atoms with van der Waals surface area (Å²) in [5.74, 6) is -9.63. The van der Waals surface area contributed by atoms with E-state index >= 15 is 0 Å². The molecule has 6 nitrogen and oxygen atoms in total. The van der Waals surface area contributed by atoms with Crippen LogP contribution in [0.15, 0.2) is 6.07 Å². The van der Waals surface area contributed by atoms with Crippen molar-refractivity contribution in [1.29, 1.82) is 0 Å². The van der Waals surface area contributed by atoms with Crippen LogP contribution >= 0.6 is 12.2 Å². The SMILES string of the molecule is CCOC(=O)C(Cc1[nH]c(=S)n2c1C[C@H](c1c(F)c(F)cc(F)c1F)C2)C(=O)OCC. The Morgan fingerprint density at radius 2 is 1.68 bits per heavy atom. The van der Waals surface area contributed by atoms with Gasteiger partial charge < -0.3 is 19.0 Å². The number of esters is 2.